The highest BCUT2D eigenvalue weighted by atomic mass is 79.9. The first kappa shape index (κ1) is 16.7. The number of benzene rings is 1. The van der Waals surface area contributed by atoms with E-state index in [1.165, 1.54) is 22.9 Å². The molecule has 1 unspecified atom stereocenters. The van der Waals surface area contributed by atoms with Crippen molar-refractivity contribution in [3.05, 3.63) is 34.3 Å². The Bertz CT molecular complexity index is 375. The van der Waals surface area contributed by atoms with Crippen LogP contribution in [0, 0.1) is 11.3 Å². The maximum absolute atomic E-state index is 3.63. The molecule has 0 amide bonds. The largest absolute Gasteiger partial charge is 0.316 e. The van der Waals surface area contributed by atoms with Gasteiger partial charge in [-0.2, -0.15) is 0 Å². The molecule has 0 aliphatic carbocycles. The average Bonchev–Trinajstić information content (AvgIpc) is 2.28. The molecule has 1 rings (SSSR count). The van der Waals surface area contributed by atoms with E-state index in [0.29, 0.717) is 5.41 Å². The molecule has 0 radical (unpaired) electrons. The Kier molecular flexibility index (Phi) is 7.09. The summed E-state index contributed by atoms with van der Waals surface area (Å²) in [6, 6.07) is 8.71. The van der Waals surface area contributed by atoms with Crippen molar-refractivity contribution in [2.45, 2.75) is 47.0 Å². The van der Waals surface area contributed by atoms with E-state index in [2.05, 4.69) is 73.2 Å². The van der Waals surface area contributed by atoms with Gasteiger partial charge in [0.05, 0.1) is 0 Å². The van der Waals surface area contributed by atoms with Crippen molar-refractivity contribution in [3.8, 4) is 0 Å². The molecule has 1 aromatic carbocycles. The van der Waals surface area contributed by atoms with Gasteiger partial charge >= 0.3 is 0 Å². The summed E-state index contributed by atoms with van der Waals surface area (Å²) in [5.74, 6) is 0.719. The standard InChI is InChI=1S/C17H28BrN/c1-5-9-17(4,13-19-12-14(2)3)11-15-7-6-8-16(18)10-15/h6-8,10,14,19H,5,9,11-13H2,1-4H3. The van der Waals surface area contributed by atoms with E-state index in [-0.39, 0.29) is 0 Å². The molecular formula is C17H28BrN. The SMILES string of the molecule is CCCC(C)(CNCC(C)C)Cc1cccc(Br)c1. The van der Waals surface area contributed by atoms with Crippen LogP contribution in [0.2, 0.25) is 0 Å². The van der Waals surface area contributed by atoms with Gasteiger partial charge in [-0.05, 0) is 48.4 Å². The zero-order valence-electron chi connectivity index (χ0n) is 12.8. The molecule has 19 heavy (non-hydrogen) atoms. The van der Waals surface area contributed by atoms with Gasteiger partial charge in [0.1, 0.15) is 0 Å². The van der Waals surface area contributed by atoms with Gasteiger partial charge in [-0.1, -0.05) is 62.2 Å². The van der Waals surface area contributed by atoms with Crippen LogP contribution >= 0.6 is 15.9 Å². The molecule has 0 aliphatic rings. The molecule has 0 saturated carbocycles. The summed E-state index contributed by atoms with van der Waals surface area (Å²) in [4.78, 5) is 0. The van der Waals surface area contributed by atoms with E-state index in [0.717, 1.165) is 25.4 Å². The van der Waals surface area contributed by atoms with Gasteiger partial charge in [-0.15, -0.1) is 0 Å². The zero-order chi connectivity index (χ0) is 14.3. The van der Waals surface area contributed by atoms with E-state index in [1.807, 2.05) is 0 Å². The summed E-state index contributed by atoms with van der Waals surface area (Å²) in [7, 11) is 0. The molecule has 1 atom stereocenters. The van der Waals surface area contributed by atoms with Crippen LogP contribution in [0.15, 0.2) is 28.7 Å². The van der Waals surface area contributed by atoms with Crippen molar-refractivity contribution in [2.24, 2.45) is 11.3 Å². The predicted octanol–water partition coefficient (Wildman–Crippen LogP) is 5.04. The Morgan fingerprint density at radius 1 is 1.32 bits per heavy atom. The molecule has 0 aliphatic heterocycles. The van der Waals surface area contributed by atoms with Crippen molar-refractivity contribution in [1.29, 1.82) is 0 Å². The molecular weight excluding hydrogens is 298 g/mol. The van der Waals surface area contributed by atoms with Crippen LogP contribution in [0.3, 0.4) is 0 Å². The fraction of sp³-hybridized carbons (Fsp3) is 0.647. The van der Waals surface area contributed by atoms with Crippen LogP contribution in [0.25, 0.3) is 0 Å². The highest BCUT2D eigenvalue weighted by molar-refractivity contribution is 9.10. The quantitative estimate of drug-likeness (QED) is 0.705. The monoisotopic (exact) mass is 325 g/mol. The van der Waals surface area contributed by atoms with E-state index in [1.54, 1.807) is 0 Å². The smallest absolute Gasteiger partial charge is 0.0177 e. The highest BCUT2D eigenvalue weighted by Crippen LogP contribution is 2.28. The third-order valence-corrected chi connectivity index (χ3v) is 3.97. The summed E-state index contributed by atoms with van der Waals surface area (Å²) in [6.07, 6.45) is 3.66. The van der Waals surface area contributed by atoms with Gasteiger partial charge in [0.15, 0.2) is 0 Å². The number of hydrogen-bond donors (Lipinski definition) is 1. The fourth-order valence-electron chi connectivity index (χ4n) is 2.65. The van der Waals surface area contributed by atoms with Crippen LogP contribution in [0.4, 0.5) is 0 Å². The molecule has 1 N–H and O–H groups in total. The lowest BCUT2D eigenvalue weighted by Crippen LogP contribution is -2.35. The predicted molar refractivity (Wildman–Crippen MR) is 88.6 cm³/mol. The van der Waals surface area contributed by atoms with Gasteiger partial charge in [-0.25, -0.2) is 0 Å². The topological polar surface area (TPSA) is 12.0 Å². The Morgan fingerprint density at radius 2 is 2.05 bits per heavy atom. The van der Waals surface area contributed by atoms with Crippen molar-refractivity contribution in [1.82, 2.24) is 5.32 Å². The summed E-state index contributed by atoms with van der Waals surface area (Å²) in [5, 5.41) is 3.63. The van der Waals surface area contributed by atoms with E-state index >= 15 is 0 Å². The van der Waals surface area contributed by atoms with Crippen molar-refractivity contribution < 1.29 is 0 Å². The molecule has 0 heterocycles. The number of nitrogens with one attached hydrogen (secondary N) is 1. The summed E-state index contributed by atoms with van der Waals surface area (Å²) in [5.41, 5.74) is 1.78. The van der Waals surface area contributed by atoms with Gasteiger partial charge in [0.2, 0.25) is 0 Å². The lowest BCUT2D eigenvalue weighted by atomic mass is 9.79. The van der Waals surface area contributed by atoms with E-state index < -0.39 is 0 Å². The van der Waals surface area contributed by atoms with Gasteiger partial charge in [0, 0.05) is 11.0 Å². The fourth-order valence-corrected chi connectivity index (χ4v) is 3.09. The van der Waals surface area contributed by atoms with Crippen molar-refractivity contribution in [2.75, 3.05) is 13.1 Å². The first-order valence-electron chi connectivity index (χ1n) is 7.40. The highest BCUT2D eigenvalue weighted by Gasteiger charge is 2.23. The molecule has 0 bridgehead atoms. The molecule has 1 nitrogen and oxygen atoms in total. The number of hydrogen-bond acceptors (Lipinski definition) is 1. The Labute approximate surface area is 127 Å². The molecule has 0 fully saturated rings. The van der Waals surface area contributed by atoms with Gasteiger partial charge < -0.3 is 5.32 Å². The summed E-state index contributed by atoms with van der Waals surface area (Å²) < 4.78 is 1.18. The van der Waals surface area contributed by atoms with Crippen molar-refractivity contribution >= 4 is 15.9 Å². The Morgan fingerprint density at radius 3 is 2.63 bits per heavy atom. The molecule has 0 spiro atoms. The maximum Gasteiger partial charge on any atom is 0.0177 e. The minimum Gasteiger partial charge on any atom is -0.316 e. The second-order valence-corrected chi connectivity index (χ2v) is 7.31. The van der Waals surface area contributed by atoms with Crippen LogP contribution < -0.4 is 5.32 Å². The van der Waals surface area contributed by atoms with Crippen LogP contribution in [-0.4, -0.2) is 13.1 Å². The lowest BCUT2D eigenvalue weighted by Gasteiger charge is -2.30. The Balaban J connectivity index is 2.64. The first-order valence-corrected chi connectivity index (χ1v) is 8.19. The van der Waals surface area contributed by atoms with Crippen LogP contribution in [0.5, 0.6) is 0 Å². The van der Waals surface area contributed by atoms with Gasteiger partial charge in [-0.3, -0.25) is 0 Å². The van der Waals surface area contributed by atoms with E-state index in [4.69, 9.17) is 0 Å². The van der Waals surface area contributed by atoms with Crippen molar-refractivity contribution in [3.63, 3.8) is 0 Å². The molecule has 2 heteroatoms. The molecule has 108 valence electrons. The molecule has 0 saturated heterocycles. The molecule has 0 aromatic heterocycles. The third-order valence-electron chi connectivity index (χ3n) is 3.48. The average molecular weight is 326 g/mol. The zero-order valence-corrected chi connectivity index (χ0v) is 14.4. The second-order valence-electron chi connectivity index (χ2n) is 6.39. The second kappa shape index (κ2) is 8.06. The molecule has 1 aromatic rings. The van der Waals surface area contributed by atoms with Crippen LogP contribution in [0.1, 0.15) is 46.1 Å². The van der Waals surface area contributed by atoms with E-state index in [9.17, 15) is 0 Å². The number of rotatable bonds is 8. The summed E-state index contributed by atoms with van der Waals surface area (Å²) >= 11 is 3.56. The number of halogens is 1. The maximum atomic E-state index is 3.63. The third kappa shape index (κ3) is 6.58. The van der Waals surface area contributed by atoms with Crippen LogP contribution in [-0.2, 0) is 6.42 Å². The van der Waals surface area contributed by atoms with Gasteiger partial charge in [0.25, 0.3) is 0 Å². The lowest BCUT2D eigenvalue weighted by molar-refractivity contribution is 0.271. The first-order chi connectivity index (χ1) is 8.95. The normalized spacial score (nSPS) is 14.6. The minimum atomic E-state index is 0.352. The Hall–Kier alpha value is -0.340. The minimum absolute atomic E-state index is 0.352. The summed E-state index contributed by atoms with van der Waals surface area (Å²) in [6.45, 7) is 11.4.